The zero-order valence-electron chi connectivity index (χ0n) is 12.3. The summed E-state index contributed by atoms with van der Waals surface area (Å²) in [6.07, 6.45) is 3.10. The quantitative estimate of drug-likeness (QED) is 0.810. The van der Waals surface area contributed by atoms with Gasteiger partial charge < -0.3 is 15.5 Å². The van der Waals surface area contributed by atoms with E-state index in [0.717, 1.165) is 11.3 Å². The first-order chi connectivity index (χ1) is 10.9. The van der Waals surface area contributed by atoms with Crippen molar-refractivity contribution in [2.24, 2.45) is 5.73 Å². The zero-order chi connectivity index (χ0) is 16.6. The monoisotopic (exact) mass is 356 g/mol. The summed E-state index contributed by atoms with van der Waals surface area (Å²) < 4.78 is 32.2. The van der Waals surface area contributed by atoms with E-state index in [9.17, 15) is 13.2 Å². The van der Waals surface area contributed by atoms with Crippen LogP contribution < -0.4 is 11.1 Å². The molecule has 1 aliphatic rings. The fourth-order valence-electron chi connectivity index (χ4n) is 2.55. The van der Waals surface area contributed by atoms with Crippen LogP contribution >= 0.6 is 11.3 Å². The van der Waals surface area contributed by atoms with Gasteiger partial charge >= 0.3 is 0 Å². The molecule has 3 rings (SSSR count). The summed E-state index contributed by atoms with van der Waals surface area (Å²) in [6.45, 7) is 0.121. The van der Waals surface area contributed by atoms with Gasteiger partial charge in [-0.15, -0.1) is 11.3 Å². The van der Waals surface area contributed by atoms with Gasteiger partial charge in [-0.05, 0) is 18.6 Å². The summed E-state index contributed by atoms with van der Waals surface area (Å²) in [6, 6.07) is 2.02. The normalized spacial score (nSPS) is 22.3. The van der Waals surface area contributed by atoms with E-state index >= 15 is 0 Å². The molecule has 0 unspecified atom stereocenters. The zero-order valence-corrected chi connectivity index (χ0v) is 13.9. The van der Waals surface area contributed by atoms with E-state index in [1.165, 1.54) is 30.0 Å². The van der Waals surface area contributed by atoms with Gasteiger partial charge in [-0.3, -0.25) is 4.79 Å². The predicted molar refractivity (Wildman–Crippen MR) is 84.2 cm³/mol. The molecule has 1 fully saturated rings. The van der Waals surface area contributed by atoms with Crippen LogP contribution in [0.4, 0.5) is 0 Å². The van der Waals surface area contributed by atoms with Gasteiger partial charge in [-0.1, -0.05) is 0 Å². The Labute approximate surface area is 137 Å². The molecule has 124 valence electrons. The number of nitrogens with zero attached hydrogens (tertiary/aromatic N) is 2. The largest absolute Gasteiger partial charge is 0.443 e. The first-order valence-electron chi connectivity index (χ1n) is 6.91. The Morgan fingerprint density at radius 1 is 1.52 bits per heavy atom. The number of thiophene rings is 1. The molecule has 2 aromatic rings. The lowest BCUT2D eigenvalue weighted by atomic mass is 10.2. The fraction of sp³-hybridized carbons (Fsp3) is 0.385. The molecule has 8 nitrogen and oxygen atoms in total. The Kier molecular flexibility index (Phi) is 4.23. The third-order valence-electron chi connectivity index (χ3n) is 3.66. The van der Waals surface area contributed by atoms with E-state index in [2.05, 4.69) is 10.3 Å². The van der Waals surface area contributed by atoms with Crippen molar-refractivity contribution in [2.45, 2.75) is 22.7 Å². The van der Waals surface area contributed by atoms with Gasteiger partial charge in [0.05, 0.1) is 11.1 Å². The highest BCUT2D eigenvalue weighted by Gasteiger charge is 2.43. The van der Waals surface area contributed by atoms with Crippen LogP contribution in [0.15, 0.2) is 33.3 Å². The highest BCUT2D eigenvalue weighted by Crippen LogP contribution is 2.34. The standard InChI is InChI=1S/C13H16N4O4S2/c1-15-13(18)9-4-8(14)6-17(9)23(19,20)12-3-2-11(22-12)10-5-16-7-21-10/h2-3,5,7-9H,4,6,14H2,1H3,(H,15,18)/t8-,9-/m0/s1. The van der Waals surface area contributed by atoms with Crippen LogP contribution in [0.3, 0.4) is 0 Å². The Morgan fingerprint density at radius 3 is 2.96 bits per heavy atom. The van der Waals surface area contributed by atoms with Crippen molar-refractivity contribution in [3.8, 4) is 10.6 Å². The Hall–Kier alpha value is -1.75. The Bertz CT molecular complexity index is 800. The molecule has 0 radical (unpaired) electrons. The molecule has 0 spiro atoms. The predicted octanol–water partition coefficient (Wildman–Crippen LogP) is 0.239. The molecule has 23 heavy (non-hydrogen) atoms. The number of likely N-dealkylation sites (N-methyl/N-ethyl adjacent to an activating group) is 1. The molecule has 3 N–H and O–H groups in total. The second-order valence-corrected chi connectivity index (χ2v) is 8.39. The topological polar surface area (TPSA) is 119 Å². The average molecular weight is 356 g/mol. The van der Waals surface area contributed by atoms with E-state index in [0.29, 0.717) is 17.1 Å². The molecule has 0 aromatic carbocycles. The van der Waals surface area contributed by atoms with Crippen molar-refractivity contribution in [3.63, 3.8) is 0 Å². The maximum atomic E-state index is 12.8. The minimum absolute atomic E-state index is 0.121. The van der Waals surface area contributed by atoms with Crippen LogP contribution in [0.1, 0.15) is 6.42 Å². The van der Waals surface area contributed by atoms with Crippen LogP contribution in [0.25, 0.3) is 10.6 Å². The van der Waals surface area contributed by atoms with Crippen molar-refractivity contribution >= 4 is 27.3 Å². The summed E-state index contributed by atoms with van der Waals surface area (Å²) in [5.41, 5.74) is 5.86. The molecule has 0 saturated carbocycles. The van der Waals surface area contributed by atoms with Crippen molar-refractivity contribution in [2.75, 3.05) is 13.6 Å². The summed E-state index contributed by atoms with van der Waals surface area (Å²) in [4.78, 5) is 16.4. The minimum Gasteiger partial charge on any atom is -0.443 e. The van der Waals surface area contributed by atoms with Crippen molar-refractivity contribution in [1.82, 2.24) is 14.6 Å². The molecule has 10 heteroatoms. The van der Waals surface area contributed by atoms with E-state index in [4.69, 9.17) is 10.2 Å². The minimum atomic E-state index is -3.80. The van der Waals surface area contributed by atoms with Crippen molar-refractivity contribution in [1.29, 1.82) is 0 Å². The maximum Gasteiger partial charge on any atom is 0.253 e. The lowest BCUT2D eigenvalue weighted by molar-refractivity contribution is -0.123. The summed E-state index contributed by atoms with van der Waals surface area (Å²) in [5.74, 6) is 0.144. The number of aromatic nitrogens is 1. The van der Waals surface area contributed by atoms with Crippen molar-refractivity contribution in [3.05, 3.63) is 24.7 Å². The van der Waals surface area contributed by atoms with E-state index in [1.807, 2.05) is 0 Å². The molecule has 1 saturated heterocycles. The lowest BCUT2D eigenvalue weighted by Gasteiger charge is -2.21. The summed E-state index contributed by atoms with van der Waals surface area (Å²) in [7, 11) is -2.32. The van der Waals surface area contributed by atoms with E-state index in [1.54, 1.807) is 6.07 Å². The third kappa shape index (κ3) is 2.90. The first kappa shape index (κ1) is 16.1. The first-order valence-corrected chi connectivity index (χ1v) is 9.17. The number of hydrogen-bond acceptors (Lipinski definition) is 7. The number of carbonyl (C=O) groups is 1. The van der Waals surface area contributed by atoms with Gasteiger partial charge in [0.1, 0.15) is 10.3 Å². The van der Waals surface area contributed by atoms with Gasteiger partial charge in [0.2, 0.25) is 5.91 Å². The number of oxazole rings is 1. The SMILES string of the molecule is CNC(=O)[C@@H]1C[C@H](N)CN1S(=O)(=O)c1ccc(-c2cnco2)s1. The number of amides is 1. The second kappa shape index (κ2) is 6.04. The van der Waals surface area contributed by atoms with Crippen molar-refractivity contribution < 1.29 is 17.6 Å². The van der Waals surface area contributed by atoms with Gasteiger partial charge in [0, 0.05) is 19.6 Å². The number of nitrogens with two attached hydrogens (primary N) is 1. The molecule has 3 heterocycles. The number of carbonyl (C=O) groups excluding carboxylic acids is 1. The molecule has 1 aliphatic heterocycles. The third-order valence-corrected chi connectivity index (χ3v) is 7.10. The highest BCUT2D eigenvalue weighted by atomic mass is 32.2. The second-order valence-electron chi connectivity index (χ2n) is 5.18. The Morgan fingerprint density at radius 2 is 2.30 bits per heavy atom. The van der Waals surface area contributed by atoms with Crippen LogP contribution in [-0.2, 0) is 14.8 Å². The lowest BCUT2D eigenvalue weighted by Crippen LogP contribution is -2.44. The van der Waals surface area contributed by atoms with E-state index < -0.39 is 16.1 Å². The molecule has 0 bridgehead atoms. The Balaban J connectivity index is 1.93. The van der Waals surface area contributed by atoms with Crippen LogP contribution in [0.5, 0.6) is 0 Å². The average Bonchev–Trinajstić information content (AvgIpc) is 3.25. The molecule has 1 amide bonds. The fourth-order valence-corrected chi connectivity index (χ4v) is 5.60. The maximum absolute atomic E-state index is 12.8. The number of nitrogens with one attached hydrogen (secondary N) is 1. The van der Waals surface area contributed by atoms with Crippen LogP contribution in [0, 0.1) is 0 Å². The van der Waals surface area contributed by atoms with Gasteiger partial charge in [-0.2, -0.15) is 4.31 Å². The summed E-state index contributed by atoms with van der Waals surface area (Å²) in [5, 5.41) is 2.49. The number of rotatable bonds is 4. The molecule has 2 aromatic heterocycles. The summed E-state index contributed by atoms with van der Waals surface area (Å²) >= 11 is 1.07. The highest BCUT2D eigenvalue weighted by molar-refractivity contribution is 7.91. The van der Waals surface area contributed by atoms with Gasteiger partial charge in [0.25, 0.3) is 10.0 Å². The molecular formula is C13H16N4O4S2. The van der Waals surface area contributed by atoms with Crippen LogP contribution in [0.2, 0.25) is 0 Å². The van der Waals surface area contributed by atoms with Crippen LogP contribution in [-0.4, -0.2) is 49.3 Å². The number of sulfonamides is 1. The van der Waals surface area contributed by atoms with Gasteiger partial charge in [-0.25, -0.2) is 13.4 Å². The smallest absolute Gasteiger partial charge is 0.253 e. The van der Waals surface area contributed by atoms with Gasteiger partial charge in [0.15, 0.2) is 12.2 Å². The molecular weight excluding hydrogens is 340 g/mol. The molecule has 2 atom stereocenters. The number of hydrogen-bond donors (Lipinski definition) is 2. The van der Waals surface area contributed by atoms with E-state index in [-0.39, 0.29) is 22.7 Å². The molecule has 0 aliphatic carbocycles.